The third kappa shape index (κ3) is 1.73. The Morgan fingerprint density at radius 3 is 2.25 bits per heavy atom. The van der Waals surface area contributed by atoms with E-state index in [9.17, 15) is 0 Å². The van der Waals surface area contributed by atoms with Gasteiger partial charge in [-0.1, -0.05) is 7.40 Å². The van der Waals surface area contributed by atoms with E-state index in [2.05, 4.69) is 4.98 Å². The van der Waals surface area contributed by atoms with E-state index < -0.39 is 0 Å². The van der Waals surface area contributed by atoms with E-state index in [1.165, 1.54) is 13.0 Å². The second kappa shape index (κ2) is 3.19. The minimum atomic E-state index is 1.25. The van der Waals surface area contributed by atoms with E-state index in [1.54, 1.807) is 12.4 Å². The summed E-state index contributed by atoms with van der Waals surface area (Å²) < 4.78 is 5.75. The van der Waals surface area contributed by atoms with Crippen molar-refractivity contribution in [2.75, 3.05) is 0 Å². The van der Waals surface area contributed by atoms with Gasteiger partial charge in [0, 0.05) is 13.8 Å². The minimum Gasteiger partial charge on any atom is -0.265 e. The van der Waals surface area contributed by atoms with Crippen molar-refractivity contribution >= 4 is 0 Å². The normalized spacial score (nSPS) is 8.50. The summed E-state index contributed by atoms with van der Waals surface area (Å²) in [5, 5.41) is 0. The molecular weight excluding hydrogens is 98.1 g/mol. The maximum atomic E-state index is 5.75. The fraction of sp³-hybridized carbons (Fsp3) is 0.286. The monoisotopic (exact) mass is 110 g/mol. The molecule has 1 heteroatoms. The second-order valence-corrected chi connectivity index (χ2v) is 1.52. The summed E-state index contributed by atoms with van der Waals surface area (Å²) in [6, 6.07) is 3.94. The molecule has 1 heterocycles. The Balaban J connectivity index is 0.000000291. The largest absolute Gasteiger partial charge is 0.265 e. The molecular formula is C7H11N. The first-order valence-corrected chi connectivity index (χ1v) is 2.26. The molecule has 8 heavy (non-hydrogen) atoms. The third-order valence-corrected chi connectivity index (χ3v) is 0.847. The molecule has 0 bridgehead atoms. The van der Waals surface area contributed by atoms with Gasteiger partial charge in [0.05, 0.1) is 0 Å². The first kappa shape index (κ1) is 5.29. The predicted octanol–water partition coefficient (Wildman–Crippen LogP) is 2.03. The maximum absolute atomic E-state index is 5.75. The van der Waals surface area contributed by atoms with Gasteiger partial charge in [-0.05, 0) is 24.6 Å². The molecule has 0 saturated heterocycles. The van der Waals surface area contributed by atoms with Crippen molar-refractivity contribution in [3.63, 3.8) is 0 Å². The Hall–Kier alpha value is -0.850. The van der Waals surface area contributed by atoms with Gasteiger partial charge >= 0.3 is 0 Å². The zero-order valence-electron chi connectivity index (χ0n) is 6.26. The van der Waals surface area contributed by atoms with Crippen LogP contribution in [0.25, 0.3) is 0 Å². The van der Waals surface area contributed by atoms with Gasteiger partial charge in [0.25, 0.3) is 0 Å². The Labute approximate surface area is 51.8 Å². The number of rotatable bonds is 0. The fourth-order valence-corrected chi connectivity index (χ4v) is 0.426. The molecule has 0 amide bonds. The van der Waals surface area contributed by atoms with Crippen LogP contribution in [0.5, 0.6) is 0 Å². The number of hydrogen-bond donors (Lipinski definition) is 0. The quantitative estimate of drug-likeness (QED) is 0.498. The van der Waals surface area contributed by atoms with Crippen LogP contribution in [0.15, 0.2) is 24.5 Å². The third-order valence-electron chi connectivity index (χ3n) is 0.847. The van der Waals surface area contributed by atoms with Gasteiger partial charge in [-0.2, -0.15) is 0 Å². The first-order valence-electron chi connectivity index (χ1n) is 3.26. The van der Waals surface area contributed by atoms with Crippen LogP contribution in [0.4, 0.5) is 0 Å². The van der Waals surface area contributed by atoms with Gasteiger partial charge in [0.1, 0.15) is 0 Å². The molecule has 0 aliphatic carbocycles. The molecule has 0 aromatic carbocycles. The van der Waals surface area contributed by atoms with Gasteiger partial charge in [0.2, 0.25) is 0 Å². The summed E-state index contributed by atoms with van der Waals surface area (Å²) in [5.74, 6) is 0. The topological polar surface area (TPSA) is 12.9 Å². The molecule has 1 nitrogen and oxygen atoms in total. The Kier molecular flexibility index (Phi) is 2.11. The van der Waals surface area contributed by atoms with Crippen LogP contribution in [0.3, 0.4) is 0 Å². The van der Waals surface area contributed by atoms with Gasteiger partial charge in [-0.15, -0.1) is 0 Å². The van der Waals surface area contributed by atoms with Crippen LogP contribution in [-0.4, -0.2) is 4.98 Å². The van der Waals surface area contributed by atoms with E-state index in [-0.39, 0.29) is 0 Å². The molecule has 0 fully saturated rings. The SMILES string of the molecule is Cc1ccncc1.[2H]C. The highest BCUT2D eigenvalue weighted by Crippen LogP contribution is 1.88. The van der Waals surface area contributed by atoms with Gasteiger partial charge < -0.3 is 0 Å². The van der Waals surface area contributed by atoms with E-state index in [4.69, 9.17) is 1.37 Å². The molecule has 0 atom stereocenters. The van der Waals surface area contributed by atoms with Crippen LogP contribution < -0.4 is 0 Å². The van der Waals surface area contributed by atoms with Crippen LogP contribution in [0.2, 0.25) is 0 Å². The van der Waals surface area contributed by atoms with E-state index in [0.717, 1.165) is 0 Å². The molecule has 1 aromatic heterocycles. The van der Waals surface area contributed by atoms with Crippen molar-refractivity contribution in [3.8, 4) is 0 Å². The Bertz CT molecular complexity index is 139. The lowest BCUT2D eigenvalue weighted by molar-refractivity contribution is 1.29. The zero-order chi connectivity index (χ0) is 7.11. The number of aromatic nitrogens is 1. The van der Waals surface area contributed by atoms with Gasteiger partial charge in [-0.25, -0.2) is 0 Å². The molecule has 0 N–H and O–H groups in total. The molecule has 0 radical (unpaired) electrons. The van der Waals surface area contributed by atoms with E-state index in [1.807, 2.05) is 19.1 Å². The summed E-state index contributed by atoms with van der Waals surface area (Å²) >= 11 is 0. The van der Waals surface area contributed by atoms with Crippen molar-refractivity contribution in [3.05, 3.63) is 30.1 Å². The van der Waals surface area contributed by atoms with Gasteiger partial charge in [-0.3, -0.25) is 4.98 Å². The molecule has 1 rings (SSSR count). The van der Waals surface area contributed by atoms with Crippen molar-refractivity contribution < 1.29 is 1.37 Å². The lowest BCUT2D eigenvalue weighted by Crippen LogP contribution is -1.68. The highest BCUT2D eigenvalue weighted by atomic mass is 14.6. The van der Waals surface area contributed by atoms with Crippen LogP contribution >= 0.6 is 0 Å². The number of pyridine rings is 1. The number of hydrogen-bond acceptors (Lipinski definition) is 1. The molecule has 0 saturated carbocycles. The Morgan fingerprint density at radius 1 is 1.50 bits per heavy atom. The minimum absolute atomic E-state index is 1.25. The standard InChI is InChI=1S/C6H7N.CH4/c1-6-2-4-7-5-3-6;/h2-5H,1H3;1H4/i;1D. The maximum Gasteiger partial charge on any atom is 0.0270 e. The molecule has 44 valence electrons. The highest BCUT2D eigenvalue weighted by molar-refractivity contribution is 5.05. The summed E-state index contributed by atoms with van der Waals surface area (Å²) in [5.41, 5.74) is 1.26. The lowest BCUT2D eigenvalue weighted by Gasteiger charge is -1.82. The molecule has 0 unspecified atom stereocenters. The van der Waals surface area contributed by atoms with E-state index >= 15 is 0 Å². The van der Waals surface area contributed by atoms with Crippen molar-refractivity contribution in [2.24, 2.45) is 0 Å². The fourth-order valence-electron chi connectivity index (χ4n) is 0.426. The molecule has 0 aliphatic rings. The Morgan fingerprint density at radius 2 is 2.00 bits per heavy atom. The summed E-state index contributed by atoms with van der Waals surface area (Å²) in [6.45, 7) is 2.04. The molecule has 0 aliphatic heterocycles. The van der Waals surface area contributed by atoms with Crippen LogP contribution in [0, 0.1) is 6.92 Å². The molecule has 1 aromatic rings. The second-order valence-electron chi connectivity index (χ2n) is 1.52. The van der Waals surface area contributed by atoms with Crippen molar-refractivity contribution in [1.29, 1.82) is 0 Å². The summed E-state index contributed by atoms with van der Waals surface area (Å²) in [7, 11) is 1.25. The van der Waals surface area contributed by atoms with Gasteiger partial charge in [0.15, 0.2) is 0 Å². The summed E-state index contributed by atoms with van der Waals surface area (Å²) in [4.78, 5) is 3.85. The van der Waals surface area contributed by atoms with Crippen molar-refractivity contribution in [2.45, 2.75) is 14.3 Å². The van der Waals surface area contributed by atoms with E-state index in [0.29, 0.717) is 0 Å². The zero-order valence-corrected chi connectivity index (χ0v) is 5.26. The average molecular weight is 110 g/mol. The number of nitrogens with zero attached hydrogens (tertiary/aromatic N) is 1. The van der Waals surface area contributed by atoms with Crippen LogP contribution in [-0.2, 0) is 0 Å². The smallest absolute Gasteiger partial charge is 0.0270 e. The van der Waals surface area contributed by atoms with Crippen molar-refractivity contribution in [1.82, 2.24) is 4.98 Å². The van der Waals surface area contributed by atoms with Crippen LogP contribution in [0.1, 0.15) is 14.3 Å². The lowest BCUT2D eigenvalue weighted by atomic mass is 10.3. The highest BCUT2D eigenvalue weighted by Gasteiger charge is 1.72. The molecule has 0 spiro atoms. The first-order chi connectivity index (χ1) is 4.39. The number of aryl methyl sites for hydroxylation is 1. The average Bonchev–Trinajstić information content (AvgIpc) is 1.94. The summed E-state index contributed by atoms with van der Waals surface area (Å²) in [6.07, 6.45) is 3.57. The predicted molar refractivity (Wildman–Crippen MR) is 35.7 cm³/mol.